The number of anilines is 1. The second kappa shape index (κ2) is 8.28. The zero-order valence-electron chi connectivity index (χ0n) is 12.4. The van der Waals surface area contributed by atoms with Gasteiger partial charge in [0, 0.05) is 4.47 Å². The Bertz CT molecular complexity index is 807. The average Bonchev–Trinajstić information content (AvgIpc) is 2.57. The van der Waals surface area contributed by atoms with Crippen molar-refractivity contribution in [2.45, 2.75) is 6.92 Å². The predicted molar refractivity (Wildman–Crippen MR) is 99.6 cm³/mol. The molecule has 24 heavy (non-hydrogen) atoms. The van der Waals surface area contributed by atoms with Gasteiger partial charge in [0.2, 0.25) is 0 Å². The Labute approximate surface area is 157 Å². The molecule has 0 fully saturated rings. The van der Waals surface area contributed by atoms with Crippen molar-refractivity contribution in [2.24, 2.45) is 5.10 Å². The van der Waals surface area contributed by atoms with Crippen LogP contribution in [0.4, 0.5) is 5.69 Å². The van der Waals surface area contributed by atoms with Gasteiger partial charge in [-0.2, -0.15) is 5.10 Å². The fraction of sp³-hybridized carbons (Fsp3) is 0.0625. The van der Waals surface area contributed by atoms with Crippen molar-refractivity contribution in [2.75, 3.05) is 5.32 Å². The van der Waals surface area contributed by atoms with E-state index in [1.165, 1.54) is 6.07 Å². The molecule has 2 aromatic rings. The highest BCUT2D eigenvalue weighted by Gasteiger charge is 2.15. The lowest BCUT2D eigenvalue weighted by atomic mass is 10.1. The summed E-state index contributed by atoms with van der Waals surface area (Å²) in [7, 11) is 0. The van der Waals surface area contributed by atoms with E-state index in [1.54, 1.807) is 19.1 Å². The standard InChI is InChI=1S/C16H12BrCl2N3O2/c1-9(10-5-7-11(17)8-6-10)21-22-16(24)15(23)20-13-4-2-3-12(18)14(13)19/h2-8H,1H3,(H,20,23)(H,22,24)/b21-9+. The summed E-state index contributed by atoms with van der Waals surface area (Å²) in [5.41, 5.74) is 3.82. The van der Waals surface area contributed by atoms with Crippen LogP contribution < -0.4 is 10.7 Å². The molecule has 0 radical (unpaired) electrons. The summed E-state index contributed by atoms with van der Waals surface area (Å²) in [4.78, 5) is 23.7. The van der Waals surface area contributed by atoms with Crippen LogP contribution in [0.15, 0.2) is 52.0 Å². The van der Waals surface area contributed by atoms with Gasteiger partial charge < -0.3 is 5.32 Å². The van der Waals surface area contributed by atoms with Gasteiger partial charge in [-0.05, 0) is 36.8 Å². The van der Waals surface area contributed by atoms with E-state index in [-0.39, 0.29) is 15.7 Å². The first kappa shape index (κ1) is 18.4. The van der Waals surface area contributed by atoms with Crippen LogP contribution in [0.25, 0.3) is 0 Å². The predicted octanol–water partition coefficient (Wildman–Crippen LogP) is 4.23. The molecule has 0 aliphatic carbocycles. The SMILES string of the molecule is C/C(=N\NC(=O)C(=O)Nc1cccc(Cl)c1Cl)c1ccc(Br)cc1. The Morgan fingerprint density at radius 3 is 2.38 bits per heavy atom. The maximum absolute atomic E-state index is 11.9. The normalized spacial score (nSPS) is 11.1. The number of carbonyl (C=O) groups excluding carboxylic acids is 2. The zero-order chi connectivity index (χ0) is 17.7. The zero-order valence-corrected chi connectivity index (χ0v) is 15.5. The van der Waals surface area contributed by atoms with Crippen molar-refractivity contribution in [1.29, 1.82) is 0 Å². The summed E-state index contributed by atoms with van der Waals surface area (Å²) < 4.78 is 0.931. The van der Waals surface area contributed by atoms with Crippen molar-refractivity contribution in [3.63, 3.8) is 0 Å². The topological polar surface area (TPSA) is 70.6 Å². The maximum Gasteiger partial charge on any atom is 0.329 e. The van der Waals surface area contributed by atoms with E-state index in [0.29, 0.717) is 5.71 Å². The molecule has 0 atom stereocenters. The van der Waals surface area contributed by atoms with Crippen LogP contribution >= 0.6 is 39.1 Å². The van der Waals surface area contributed by atoms with Gasteiger partial charge >= 0.3 is 11.8 Å². The lowest BCUT2D eigenvalue weighted by Gasteiger charge is -2.07. The first-order valence-electron chi connectivity index (χ1n) is 6.74. The Kier molecular flexibility index (Phi) is 6.36. The molecular formula is C16H12BrCl2N3O2. The van der Waals surface area contributed by atoms with Crippen LogP contribution in [0.1, 0.15) is 12.5 Å². The summed E-state index contributed by atoms with van der Waals surface area (Å²) >= 11 is 15.1. The number of carbonyl (C=O) groups is 2. The minimum Gasteiger partial charge on any atom is -0.316 e. The lowest BCUT2D eigenvalue weighted by Crippen LogP contribution is -2.33. The van der Waals surface area contributed by atoms with Gasteiger partial charge in [-0.15, -0.1) is 0 Å². The summed E-state index contributed by atoms with van der Waals surface area (Å²) in [6.45, 7) is 1.72. The summed E-state index contributed by atoms with van der Waals surface area (Å²) in [5.74, 6) is -1.81. The van der Waals surface area contributed by atoms with Gasteiger partial charge in [0.05, 0.1) is 21.4 Å². The van der Waals surface area contributed by atoms with Gasteiger partial charge in [-0.3, -0.25) is 9.59 Å². The van der Waals surface area contributed by atoms with E-state index >= 15 is 0 Å². The third-order valence-corrected chi connectivity index (χ3v) is 4.34. The van der Waals surface area contributed by atoms with E-state index in [2.05, 4.69) is 31.8 Å². The van der Waals surface area contributed by atoms with Crippen LogP contribution in [0.5, 0.6) is 0 Å². The molecule has 0 aliphatic heterocycles. The molecule has 0 unspecified atom stereocenters. The molecule has 5 nitrogen and oxygen atoms in total. The summed E-state index contributed by atoms with van der Waals surface area (Å²) in [6, 6.07) is 12.1. The van der Waals surface area contributed by atoms with E-state index in [1.807, 2.05) is 24.3 Å². The maximum atomic E-state index is 11.9. The van der Waals surface area contributed by atoms with Gasteiger partial charge in [0.1, 0.15) is 0 Å². The number of hydrazone groups is 1. The summed E-state index contributed by atoms with van der Waals surface area (Å²) in [6.07, 6.45) is 0. The number of hydrogen-bond acceptors (Lipinski definition) is 3. The average molecular weight is 429 g/mol. The molecule has 0 spiro atoms. The van der Waals surface area contributed by atoms with Gasteiger partial charge in [-0.25, -0.2) is 5.43 Å². The molecule has 2 amide bonds. The van der Waals surface area contributed by atoms with Crippen LogP contribution in [0.2, 0.25) is 10.0 Å². The summed E-state index contributed by atoms with van der Waals surface area (Å²) in [5, 5.41) is 6.73. The van der Waals surface area contributed by atoms with Gasteiger partial charge in [0.25, 0.3) is 0 Å². The Balaban J connectivity index is 2.01. The molecule has 0 saturated carbocycles. The minimum absolute atomic E-state index is 0.162. The Morgan fingerprint density at radius 2 is 1.71 bits per heavy atom. The molecule has 0 saturated heterocycles. The number of hydrogen-bond donors (Lipinski definition) is 2. The van der Waals surface area contributed by atoms with Crippen LogP contribution in [-0.4, -0.2) is 17.5 Å². The molecular weight excluding hydrogens is 417 g/mol. The fourth-order valence-electron chi connectivity index (χ4n) is 1.72. The van der Waals surface area contributed by atoms with E-state index in [9.17, 15) is 9.59 Å². The number of benzene rings is 2. The largest absolute Gasteiger partial charge is 0.329 e. The van der Waals surface area contributed by atoms with Crippen molar-refractivity contribution < 1.29 is 9.59 Å². The van der Waals surface area contributed by atoms with Gasteiger partial charge in [-0.1, -0.05) is 57.3 Å². The van der Waals surface area contributed by atoms with E-state index in [0.717, 1.165) is 10.0 Å². The quantitative estimate of drug-likeness (QED) is 0.436. The number of nitrogens with one attached hydrogen (secondary N) is 2. The minimum atomic E-state index is -0.914. The van der Waals surface area contributed by atoms with Crippen molar-refractivity contribution >= 4 is 62.3 Å². The first-order chi connectivity index (χ1) is 11.4. The van der Waals surface area contributed by atoms with Crippen LogP contribution in [-0.2, 0) is 9.59 Å². The second-order valence-electron chi connectivity index (χ2n) is 4.70. The van der Waals surface area contributed by atoms with Crippen molar-refractivity contribution in [3.05, 3.63) is 62.5 Å². The molecule has 0 aliphatic rings. The highest BCUT2D eigenvalue weighted by molar-refractivity contribution is 9.10. The number of halogens is 3. The fourth-order valence-corrected chi connectivity index (χ4v) is 2.33. The molecule has 2 rings (SSSR count). The van der Waals surface area contributed by atoms with Gasteiger partial charge in [0.15, 0.2) is 0 Å². The first-order valence-corrected chi connectivity index (χ1v) is 8.29. The smallest absolute Gasteiger partial charge is 0.316 e. The number of amides is 2. The molecule has 0 bridgehead atoms. The molecule has 8 heteroatoms. The monoisotopic (exact) mass is 427 g/mol. The van der Waals surface area contributed by atoms with Crippen molar-refractivity contribution in [3.8, 4) is 0 Å². The Hall–Kier alpha value is -1.89. The van der Waals surface area contributed by atoms with E-state index in [4.69, 9.17) is 23.2 Å². The van der Waals surface area contributed by atoms with Crippen molar-refractivity contribution in [1.82, 2.24) is 5.43 Å². The molecule has 0 aromatic heterocycles. The highest BCUT2D eigenvalue weighted by Crippen LogP contribution is 2.29. The third kappa shape index (κ3) is 4.80. The lowest BCUT2D eigenvalue weighted by molar-refractivity contribution is -0.136. The molecule has 124 valence electrons. The van der Waals surface area contributed by atoms with E-state index < -0.39 is 11.8 Å². The van der Waals surface area contributed by atoms with Crippen LogP contribution in [0, 0.1) is 0 Å². The number of rotatable bonds is 3. The third-order valence-electron chi connectivity index (χ3n) is 2.99. The highest BCUT2D eigenvalue weighted by atomic mass is 79.9. The molecule has 0 heterocycles. The molecule has 2 aromatic carbocycles. The van der Waals surface area contributed by atoms with Crippen LogP contribution in [0.3, 0.4) is 0 Å². The second-order valence-corrected chi connectivity index (χ2v) is 6.40. The molecule has 2 N–H and O–H groups in total. The Morgan fingerprint density at radius 1 is 1.04 bits per heavy atom. The number of nitrogens with zero attached hydrogens (tertiary/aromatic N) is 1.